The van der Waals surface area contributed by atoms with Crippen molar-refractivity contribution in [3.05, 3.63) is 0 Å². The van der Waals surface area contributed by atoms with E-state index in [4.69, 9.17) is 8.47 Å². The Morgan fingerprint density at radius 3 is 2.27 bits per heavy atom. The van der Waals surface area contributed by atoms with Crippen molar-refractivity contribution in [3.63, 3.8) is 0 Å². The second-order valence-corrected chi connectivity index (χ2v) is 4.61. The zero-order valence-electron chi connectivity index (χ0n) is 6.27. The van der Waals surface area contributed by atoms with E-state index in [1.807, 2.05) is 0 Å². The van der Waals surface area contributed by atoms with E-state index >= 15 is 0 Å². The first-order valence-electron chi connectivity index (χ1n) is 2.82. The molecule has 0 atom stereocenters. The van der Waals surface area contributed by atoms with Gasteiger partial charge in [-0.2, -0.15) is 9.35 Å². The average molecular weight is 211 g/mol. The van der Waals surface area contributed by atoms with Gasteiger partial charge in [-0.3, -0.25) is 4.18 Å². The summed E-state index contributed by atoms with van der Waals surface area (Å²) in [6.07, 6.45) is 0. The summed E-state index contributed by atoms with van der Waals surface area (Å²) < 4.78 is 20.4. The van der Waals surface area contributed by atoms with Crippen molar-refractivity contribution in [1.29, 1.82) is 0 Å². The first-order valence-corrected chi connectivity index (χ1v) is 5.52. The molecule has 0 aliphatic carbocycles. The molecule has 0 heterocycles. The molecule has 0 fully saturated rings. The fourth-order valence-corrected chi connectivity index (χ4v) is 1.96. The molecule has 0 unspecified atom stereocenters. The predicted molar refractivity (Wildman–Crippen MR) is 52.1 cm³/mol. The quantitative estimate of drug-likeness (QED) is 0.286. The van der Waals surface area contributed by atoms with Crippen molar-refractivity contribution >= 4 is 50.7 Å². The zero-order valence-corrected chi connectivity index (χ0v) is 8.06. The molecule has 0 N–H and O–H groups in total. The summed E-state index contributed by atoms with van der Waals surface area (Å²) in [5.41, 5.74) is 0. The molecule has 0 aliphatic heterocycles. The van der Waals surface area contributed by atoms with E-state index in [2.05, 4.69) is 11.7 Å². The van der Waals surface area contributed by atoms with Crippen molar-refractivity contribution < 1.29 is 12.7 Å². The number of nitrogens with zero attached hydrogens (tertiary/aromatic N) is 1. The molecular weight excluding hydrogens is 197 g/mol. The van der Waals surface area contributed by atoms with Crippen molar-refractivity contribution in [2.45, 2.75) is 6.92 Å². The number of hydrogen-bond donors (Lipinski definition) is 2. The second-order valence-electron chi connectivity index (χ2n) is 1.78. The molecule has 0 saturated heterocycles. The van der Waals surface area contributed by atoms with E-state index in [0.29, 0.717) is 6.61 Å². The van der Waals surface area contributed by atoms with Gasteiger partial charge in [0.25, 0.3) is 0 Å². The number of thiol groups is 2. The minimum absolute atomic E-state index is 0. The fourth-order valence-electron chi connectivity index (χ4n) is 0.393. The summed E-state index contributed by atoms with van der Waals surface area (Å²) in [5, 5.41) is 1.30. The molecule has 0 saturated carbocycles. The monoisotopic (exact) mass is 211 g/mol. The Labute approximate surface area is 95.5 Å². The van der Waals surface area contributed by atoms with Crippen LogP contribution in [-0.4, -0.2) is 59.5 Å². The molecule has 11 heavy (non-hydrogen) atoms. The number of hydroxylamine groups is 2. The van der Waals surface area contributed by atoms with Gasteiger partial charge in [-0.25, -0.2) is 4.21 Å². The van der Waals surface area contributed by atoms with E-state index in [9.17, 15) is 4.21 Å². The van der Waals surface area contributed by atoms with Crippen LogP contribution in [0.5, 0.6) is 0 Å². The minimum atomic E-state index is -3.13. The Morgan fingerprint density at radius 2 is 2.00 bits per heavy atom. The van der Waals surface area contributed by atoms with Crippen LogP contribution in [0.2, 0.25) is 0 Å². The molecule has 0 bridgehead atoms. The van der Waals surface area contributed by atoms with Gasteiger partial charge < -0.3 is 0 Å². The molecule has 7 heteroatoms. The normalized spacial score (nSPS) is 12.8. The summed E-state index contributed by atoms with van der Waals surface area (Å²) in [5.74, 6) is 0. The van der Waals surface area contributed by atoms with Crippen molar-refractivity contribution in [1.82, 2.24) is 5.06 Å². The number of hydrogen-bond acceptors (Lipinski definition) is 4. The third kappa shape index (κ3) is 9.29. The Bertz CT molecular complexity index is 143. The van der Waals surface area contributed by atoms with Crippen LogP contribution < -0.4 is 0 Å². The molecule has 0 amide bonds. The standard InChI is InChI=1S/C4H13NO3S2.Na.H/c1-4-7-10(6,9)8-5(2)3;;/h10H,4H2,1-3H3,(H,6,9);;. The average Bonchev–Trinajstić information content (AvgIpc) is 1.59. The molecule has 66 valence electrons. The molecule has 0 aromatic heterocycles. The summed E-state index contributed by atoms with van der Waals surface area (Å²) in [7, 11) is 0.0977. The first kappa shape index (κ1) is 14.9. The van der Waals surface area contributed by atoms with Gasteiger partial charge in [0.2, 0.25) is 0 Å². The van der Waals surface area contributed by atoms with Gasteiger partial charge in [-0.15, -0.1) is 0 Å². The maximum absolute atomic E-state index is 11.0. The van der Waals surface area contributed by atoms with Crippen LogP contribution in [-0.2, 0) is 18.0 Å². The van der Waals surface area contributed by atoms with Crippen molar-refractivity contribution in [2.75, 3.05) is 20.7 Å². The third-order valence-electron chi connectivity index (χ3n) is 0.559. The van der Waals surface area contributed by atoms with Gasteiger partial charge in [0.1, 0.15) is 9.53 Å². The first-order chi connectivity index (χ1) is 4.48. The summed E-state index contributed by atoms with van der Waals surface area (Å²) in [6, 6.07) is 0. The van der Waals surface area contributed by atoms with Gasteiger partial charge >= 0.3 is 29.6 Å². The van der Waals surface area contributed by atoms with Gasteiger partial charge in [0.05, 0.1) is 6.61 Å². The summed E-state index contributed by atoms with van der Waals surface area (Å²) in [4.78, 5) is 0. The van der Waals surface area contributed by atoms with Crippen molar-refractivity contribution in [3.8, 4) is 0 Å². The van der Waals surface area contributed by atoms with Gasteiger partial charge in [0.15, 0.2) is 0 Å². The molecule has 0 rings (SSSR count). The van der Waals surface area contributed by atoms with Gasteiger partial charge in [-0.05, 0) is 6.92 Å². The Morgan fingerprint density at radius 1 is 1.55 bits per heavy atom. The van der Waals surface area contributed by atoms with Crippen LogP contribution in [0.15, 0.2) is 0 Å². The molecule has 0 aliphatic rings. The van der Waals surface area contributed by atoms with E-state index < -0.39 is 9.53 Å². The zero-order chi connectivity index (χ0) is 8.20. The van der Waals surface area contributed by atoms with Crippen LogP contribution in [0.1, 0.15) is 6.92 Å². The van der Waals surface area contributed by atoms with Crippen LogP contribution in [0.3, 0.4) is 0 Å². The topological polar surface area (TPSA) is 38.8 Å². The van der Waals surface area contributed by atoms with Gasteiger partial charge in [0, 0.05) is 14.1 Å². The molecule has 0 aromatic rings. The SMILES string of the molecule is CCO[SH](=O)(S)ON(C)C.[NaH]. The van der Waals surface area contributed by atoms with Crippen LogP contribution in [0, 0.1) is 0 Å². The third-order valence-corrected chi connectivity index (χ3v) is 2.24. The Hall–Kier alpha value is 1.38. The molecule has 0 spiro atoms. The van der Waals surface area contributed by atoms with Gasteiger partial charge in [-0.1, -0.05) is 11.7 Å². The summed E-state index contributed by atoms with van der Waals surface area (Å²) in [6.45, 7) is 2.05. The molecule has 0 aromatic carbocycles. The Kier molecular flexibility index (Phi) is 9.26. The van der Waals surface area contributed by atoms with Crippen LogP contribution >= 0.6 is 11.7 Å². The second kappa shape index (κ2) is 6.85. The van der Waals surface area contributed by atoms with E-state index in [1.54, 1.807) is 21.0 Å². The van der Waals surface area contributed by atoms with E-state index in [1.165, 1.54) is 5.06 Å². The van der Waals surface area contributed by atoms with E-state index in [-0.39, 0.29) is 29.6 Å². The molecule has 4 nitrogen and oxygen atoms in total. The molecule has 0 radical (unpaired) electrons. The number of rotatable bonds is 4. The van der Waals surface area contributed by atoms with Crippen molar-refractivity contribution in [2.24, 2.45) is 0 Å². The molecular formula is C4H14NNaO3S2. The van der Waals surface area contributed by atoms with Crippen LogP contribution in [0.4, 0.5) is 0 Å². The Balaban J connectivity index is 0. The summed E-state index contributed by atoms with van der Waals surface area (Å²) >= 11 is 3.68. The van der Waals surface area contributed by atoms with Crippen LogP contribution in [0.25, 0.3) is 0 Å². The van der Waals surface area contributed by atoms with E-state index in [0.717, 1.165) is 0 Å². The fraction of sp³-hybridized carbons (Fsp3) is 1.00. The maximum atomic E-state index is 11.0. The predicted octanol–water partition coefficient (Wildman–Crippen LogP) is -0.441.